The molecule has 1 fully saturated rings. The van der Waals surface area contributed by atoms with Crippen molar-refractivity contribution in [2.75, 3.05) is 11.9 Å². The molecule has 1 saturated carbocycles. The molecule has 1 aromatic carbocycles. The van der Waals surface area contributed by atoms with Crippen molar-refractivity contribution in [1.82, 2.24) is 5.16 Å². The van der Waals surface area contributed by atoms with Crippen molar-refractivity contribution < 1.29 is 4.52 Å². The van der Waals surface area contributed by atoms with Gasteiger partial charge in [0.15, 0.2) is 0 Å². The second kappa shape index (κ2) is 6.79. The molecule has 0 amide bonds. The zero-order valence-corrected chi connectivity index (χ0v) is 15.0. The molecule has 0 radical (unpaired) electrons. The van der Waals surface area contributed by atoms with Crippen LogP contribution in [0, 0.1) is 5.92 Å². The minimum atomic E-state index is 0.367. The third-order valence-electron chi connectivity index (χ3n) is 5.90. The van der Waals surface area contributed by atoms with Gasteiger partial charge in [0.05, 0.1) is 5.69 Å². The topological polar surface area (TPSA) is 38.1 Å². The predicted molar refractivity (Wildman–Crippen MR) is 97.9 cm³/mol. The molecule has 3 nitrogen and oxygen atoms in total. The van der Waals surface area contributed by atoms with Crippen molar-refractivity contribution in [1.29, 1.82) is 0 Å². The van der Waals surface area contributed by atoms with E-state index < -0.39 is 0 Å². The van der Waals surface area contributed by atoms with E-state index in [0.717, 1.165) is 35.3 Å². The van der Waals surface area contributed by atoms with E-state index in [4.69, 9.17) is 16.1 Å². The Kier molecular flexibility index (Phi) is 4.53. The van der Waals surface area contributed by atoms with Crippen LogP contribution in [0.5, 0.6) is 0 Å². The van der Waals surface area contributed by atoms with Gasteiger partial charge < -0.3 is 9.84 Å². The highest BCUT2D eigenvalue weighted by Gasteiger charge is 2.34. The summed E-state index contributed by atoms with van der Waals surface area (Å²) in [6.45, 7) is 3.31. The molecule has 4 heteroatoms. The van der Waals surface area contributed by atoms with Gasteiger partial charge in [0.25, 0.3) is 0 Å². The molecular formula is C20H25ClN2O. The fourth-order valence-electron chi connectivity index (χ4n) is 4.43. The molecule has 2 aliphatic carbocycles. The number of aromatic nitrogens is 1. The molecule has 24 heavy (non-hydrogen) atoms. The average Bonchev–Trinajstić information content (AvgIpc) is 3.19. The monoisotopic (exact) mass is 344 g/mol. The summed E-state index contributed by atoms with van der Waals surface area (Å²) in [6, 6.07) is 6.25. The van der Waals surface area contributed by atoms with Crippen LogP contribution >= 0.6 is 11.6 Å². The Balaban J connectivity index is 1.48. The van der Waals surface area contributed by atoms with Gasteiger partial charge in [0.2, 0.25) is 0 Å². The van der Waals surface area contributed by atoms with Gasteiger partial charge >= 0.3 is 0 Å². The Bertz CT molecular complexity index is 705. The molecule has 2 unspecified atom stereocenters. The summed E-state index contributed by atoms with van der Waals surface area (Å²) in [4.78, 5) is 0. The predicted octanol–water partition coefficient (Wildman–Crippen LogP) is 5.76. The highest BCUT2D eigenvalue weighted by molar-refractivity contribution is 6.30. The maximum Gasteiger partial charge on any atom is 0.147 e. The Morgan fingerprint density at radius 3 is 2.92 bits per heavy atom. The first-order chi connectivity index (χ1) is 11.7. The molecule has 2 aliphatic rings. The van der Waals surface area contributed by atoms with Crippen LogP contribution in [0.2, 0.25) is 5.02 Å². The molecule has 2 aromatic rings. The number of benzene rings is 1. The quantitative estimate of drug-likeness (QED) is 0.765. The van der Waals surface area contributed by atoms with Gasteiger partial charge in [0.1, 0.15) is 12.0 Å². The Hall–Kier alpha value is -1.48. The van der Waals surface area contributed by atoms with Crippen molar-refractivity contribution in [3.05, 3.63) is 46.3 Å². The van der Waals surface area contributed by atoms with Gasteiger partial charge in [-0.1, -0.05) is 49.0 Å². The molecule has 2 atom stereocenters. The fraction of sp³-hybridized carbons (Fsp3) is 0.550. The van der Waals surface area contributed by atoms with E-state index in [0.29, 0.717) is 11.8 Å². The van der Waals surface area contributed by atoms with E-state index in [1.54, 1.807) is 6.26 Å². The maximum atomic E-state index is 6.18. The Morgan fingerprint density at radius 1 is 1.25 bits per heavy atom. The van der Waals surface area contributed by atoms with Crippen LogP contribution < -0.4 is 5.32 Å². The van der Waals surface area contributed by atoms with Gasteiger partial charge in [0, 0.05) is 17.5 Å². The van der Waals surface area contributed by atoms with Gasteiger partial charge in [-0.25, -0.2) is 0 Å². The smallest absolute Gasteiger partial charge is 0.147 e. The van der Waals surface area contributed by atoms with Crippen LogP contribution in [0.3, 0.4) is 0 Å². The third kappa shape index (κ3) is 3.06. The number of halogens is 1. The molecule has 1 N–H and O–H groups in total. The van der Waals surface area contributed by atoms with Crippen molar-refractivity contribution in [2.24, 2.45) is 5.92 Å². The first-order valence-electron chi connectivity index (χ1n) is 9.19. The van der Waals surface area contributed by atoms with Crippen LogP contribution in [-0.4, -0.2) is 11.7 Å². The summed E-state index contributed by atoms with van der Waals surface area (Å²) < 4.78 is 5.33. The number of hydrogen-bond acceptors (Lipinski definition) is 3. The highest BCUT2D eigenvalue weighted by atomic mass is 35.5. The lowest BCUT2D eigenvalue weighted by atomic mass is 9.89. The lowest BCUT2D eigenvalue weighted by Gasteiger charge is -2.22. The second-order valence-electron chi connectivity index (χ2n) is 7.44. The summed E-state index contributed by atoms with van der Waals surface area (Å²) in [7, 11) is 0. The Morgan fingerprint density at radius 2 is 2.08 bits per heavy atom. The summed E-state index contributed by atoms with van der Waals surface area (Å²) in [5.74, 6) is 1.57. The van der Waals surface area contributed by atoms with Crippen LogP contribution in [0.1, 0.15) is 67.7 Å². The summed E-state index contributed by atoms with van der Waals surface area (Å²) in [5, 5.41) is 8.78. The van der Waals surface area contributed by atoms with E-state index >= 15 is 0 Å². The number of anilines is 1. The minimum Gasteiger partial charge on any atom is -0.381 e. The van der Waals surface area contributed by atoms with E-state index in [2.05, 4.69) is 29.5 Å². The molecule has 1 heterocycles. The standard InChI is InChI=1S/C20H25ClN2O/c1-13-17-10-16(21)8-7-15(17)9-18(13)20-19(12-24-23-20)22-11-14-5-3-2-4-6-14/h7-8,10,12-14,18,22H,2-6,9,11H2,1H3. The first kappa shape index (κ1) is 16.0. The zero-order chi connectivity index (χ0) is 16.5. The van der Waals surface area contributed by atoms with Gasteiger partial charge in [-0.15, -0.1) is 0 Å². The molecule has 0 saturated heterocycles. The second-order valence-corrected chi connectivity index (χ2v) is 7.88. The van der Waals surface area contributed by atoms with Gasteiger partial charge in [-0.3, -0.25) is 0 Å². The number of fused-ring (bicyclic) bond motifs is 1. The molecule has 0 spiro atoms. The normalized spacial score (nSPS) is 24.1. The summed E-state index contributed by atoms with van der Waals surface area (Å²) in [5.41, 5.74) is 4.90. The van der Waals surface area contributed by atoms with Crippen molar-refractivity contribution >= 4 is 17.3 Å². The minimum absolute atomic E-state index is 0.367. The lowest BCUT2D eigenvalue weighted by Crippen LogP contribution is -2.18. The molecule has 0 bridgehead atoms. The number of rotatable bonds is 4. The first-order valence-corrected chi connectivity index (χ1v) is 9.56. The largest absolute Gasteiger partial charge is 0.381 e. The third-order valence-corrected chi connectivity index (χ3v) is 6.13. The van der Waals surface area contributed by atoms with Crippen molar-refractivity contribution in [2.45, 2.75) is 57.3 Å². The molecule has 1 aromatic heterocycles. The van der Waals surface area contributed by atoms with Crippen LogP contribution in [-0.2, 0) is 6.42 Å². The van der Waals surface area contributed by atoms with Crippen molar-refractivity contribution in [3.63, 3.8) is 0 Å². The SMILES string of the molecule is CC1c2cc(Cl)ccc2CC1c1nocc1NCC1CCCCC1. The highest BCUT2D eigenvalue weighted by Crippen LogP contribution is 2.46. The number of nitrogens with one attached hydrogen (secondary N) is 1. The molecule has 128 valence electrons. The van der Waals surface area contributed by atoms with Crippen molar-refractivity contribution in [3.8, 4) is 0 Å². The number of nitrogens with zero attached hydrogens (tertiary/aromatic N) is 1. The average molecular weight is 345 g/mol. The van der Waals surface area contributed by atoms with Crippen LogP contribution in [0.4, 0.5) is 5.69 Å². The lowest BCUT2D eigenvalue weighted by molar-refractivity contribution is 0.373. The summed E-state index contributed by atoms with van der Waals surface area (Å²) >= 11 is 6.18. The summed E-state index contributed by atoms with van der Waals surface area (Å²) in [6.07, 6.45) is 9.63. The fourth-order valence-corrected chi connectivity index (χ4v) is 4.61. The Labute approximate surface area is 148 Å². The van der Waals surface area contributed by atoms with Crippen LogP contribution in [0.15, 0.2) is 29.0 Å². The van der Waals surface area contributed by atoms with Gasteiger partial charge in [-0.05, 0) is 54.4 Å². The van der Waals surface area contributed by atoms with E-state index in [-0.39, 0.29) is 0 Å². The van der Waals surface area contributed by atoms with Crippen LogP contribution in [0.25, 0.3) is 0 Å². The van der Waals surface area contributed by atoms with E-state index in [1.807, 2.05) is 6.07 Å². The number of hydrogen-bond donors (Lipinski definition) is 1. The molecular weight excluding hydrogens is 320 g/mol. The van der Waals surface area contributed by atoms with E-state index in [1.165, 1.54) is 43.2 Å². The van der Waals surface area contributed by atoms with Gasteiger partial charge in [-0.2, -0.15) is 0 Å². The molecule has 0 aliphatic heterocycles. The zero-order valence-electron chi connectivity index (χ0n) is 14.2. The molecule has 4 rings (SSSR count). The van der Waals surface area contributed by atoms with E-state index in [9.17, 15) is 0 Å². The maximum absolute atomic E-state index is 6.18.